The molecule has 78 valence electrons. The Morgan fingerprint density at radius 2 is 2.13 bits per heavy atom. The van der Waals surface area contributed by atoms with Crippen LogP contribution in [0.3, 0.4) is 0 Å². The largest absolute Gasteiger partial charge is 0.496 e. The number of benzene rings is 1. The zero-order chi connectivity index (χ0) is 10.7. The number of halogens is 1. The Morgan fingerprint density at radius 3 is 2.80 bits per heavy atom. The van der Waals surface area contributed by atoms with E-state index in [1.807, 2.05) is 24.3 Å². The van der Waals surface area contributed by atoms with Gasteiger partial charge >= 0.3 is 0 Å². The minimum atomic E-state index is 0.472. The van der Waals surface area contributed by atoms with Gasteiger partial charge in [-0.25, -0.2) is 0 Å². The summed E-state index contributed by atoms with van der Waals surface area (Å²) in [5.74, 6) is 0.865. The summed E-state index contributed by atoms with van der Waals surface area (Å²) in [4.78, 5) is 0. The molecule has 3 nitrogen and oxygen atoms in total. The van der Waals surface area contributed by atoms with Crippen LogP contribution in [0.5, 0.6) is 5.75 Å². The molecule has 0 aliphatic heterocycles. The van der Waals surface area contributed by atoms with Crippen LogP contribution in [0, 0.1) is 0 Å². The lowest BCUT2D eigenvalue weighted by atomic mass is 10.1. The van der Waals surface area contributed by atoms with E-state index in [1.54, 1.807) is 7.11 Å². The van der Waals surface area contributed by atoms with Crippen LogP contribution in [0.1, 0.15) is 10.6 Å². The lowest BCUT2D eigenvalue weighted by Gasteiger charge is -2.05. The number of para-hydroxylation sites is 1. The van der Waals surface area contributed by atoms with Gasteiger partial charge in [-0.1, -0.05) is 29.5 Å². The fourth-order valence-corrected chi connectivity index (χ4v) is 2.21. The molecule has 0 aliphatic carbocycles. The maximum atomic E-state index is 5.71. The first-order valence-corrected chi connectivity index (χ1v) is 5.59. The molecule has 5 heteroatoms. The van der Waals surface area contributed by atoms with Gasteiger partial charge in [0.25, 0.3) is 0 Å². The topological polar surface area (TPSA) is 35.0 Å². The van der Waals surface area contributed by atoms with Crippen LogP contribution in [-0.4, -0.2) is 17.3 Å². The van der Waals surface area contributed by atoms with Crippen LogP contribution in [0.15, 0.2) is 24.3 Å². The summed E-state index contributed by atoms with van der Waals surface area (Å²) in [7, 11) is 1.66. The molecule has 2 aromatic rings. The van der Waals surface area contributed by atoms with Gasteiger partial charge in [-0.05, 0) is 17.7 Å². The number of ether oxygens (including phenoxy) is 1. The molecule has 0 aliphatic rings. The molecular formula is C10H9ClN2OS. The van der Waals surface area contributed by atoms with E-state index in [0.29, 0.717) is 10.9 Å². The lowest BCUT2D eigenvalue weighted by molar-refractivity contribution is 0.410. The summed E-state index contributed by atoms with van der Waals surface area (Å²) in [5.41, 5.74) is 1.09. The fourth-order valence-electron chi connectivity index (χ4n) is 1.32. The molecule has 0 saturated carbocycles. The highest BCUT2D eigenvalue weighted by Crippen LogP contribution is 2.23. The van der Waals surface area contributed by atoms with E-state index < -0.39 is 0 Å². The molecule has 0 fully saturated rings. The van der Waals surface area contributed by atoms with E-state index in [4.69, 9.17) is 16.3 Å². The van der Waals surface area contributed by atoms with Gasteiger partial charge in [-0.3, -0.25) is 0 Å². The quantitative estimate of drug-likeness (QED) is 0.828. The van der Waals surface area contributed by atoms with Crippen molar-refractivity contribution < 1.29 is 4.74 Å². The summed E-state index contributed by atoms with van der Waals surface area (Å²) in [5, 5.41) is 8.62. The van der Waals surface area contributed by atoms with Gasteiger partial charge < -0.3 is 4.74 Å². The predicted molar refractivity (Wildman–Crippen MR) is 60.7 cm³/mol. The van der Waals surface area contributed by atoms with Crippen molar-refractivity contribution >= 4 is 22.9 Å². The standard InChI is InChI=1S/C10H9ClN2OS/c1-14-8-5-3-2-4-7(8)6-9-12-13-10(11)15-9/h2-5H,6H2,1H3. The van der Waals surface area contributed by atoms with Crippen LogP contribution in [0.25, 0.3) is 0 Å². The molecule has 1 aromatic heterocycles. The van der Waals surface area contributed by atoms with Crippen molar-refractivity contribution in [3.63, 3.8) is 0 Å². The van der Waals surface area contributed by atoms with E-state index in [0.717, 1.165) is 16.3 Å². The Kier molecular flexibility index (Phi) is 3.18. The van der Waals surface area contributed by atoms with Crippen molar-refractivity contribution in [2.45, 2.75) is 6.42 Å². The van der Waals surface area contributed by atoms with Gasteiger partial charge in [0.2, 0.25) is 4.47 Å². The Bertz CT molecular complexity index is 458. The number of nitrogens with zero attached hydrogens (tertiary/aromatic N) is 2. The van der Waals surface area contributed by atoms with Crippen LogP contribution >= 0.6 is 22.9 Å². The molecule has 0 N–H and O–H groups in total. The summed E-state index contributed by atoms with van der Waals surface area (Å²) in [6.45, 7) is 0. The summed E-state index contributed by atoms with van der Waals surface area (Å²) in [6, 6.07) is 7.85. The molecule has 15 heavy (non-hydrogen) atoms. The fraction of sp³-hybridized carbons (Fsp3) is 0.200. The Labute approximate surface area is 96.7 Å². The minimum absolute atomic E-state index is 0.472. The number of aromatic nitrogens is 2. The molecule has 0 amide bonds. The third-order valence-corrected chi connectivity index (χ3v) is 3.00. The highest BCUT2D eigenvalue weighted by Gasteiger charge is 2.06. The number of hydrogen-bond acceptors (Lipinski definition) is 4. The van der Waals surface area contributed by atoms with Gasteiger partial charge in [0.1, 0.15) is 10.8 Å². The van der Waals surface area contributed by atoms with Crippen molar-refractivity contribution in [1.29, 1.82) is 0 Å². The smallest absolute Gasteiger partial charge is 0.207 e. The SMILES string of the molecule is COc1ccccc1Cc1nnc(Cl)s1. The van der Waals surface area contributed by atoms with Gasteiger partial charge in [0, 0.05) is 12.0 Å². The molecule has 0 atom stereocenters. The van der Waals surface area contributed by atoms with Gasteiger partial charge in [-0.15, -0.1) is 10.2 Å². The second kappa shape index (κ2) is 4.59. The molecule has 0 unspecified atom stereocenters. The number of rotatable bonds is 3. The number of hydrogen-bond donors (Lipinski definition) is 0. The minimum Gasteiger partial charge on any atom is -0.496 e. The Morgan fingerprint density at radius 1 is 1.33 bits per heavy atom. The zero-order valence-corrected chi connectivity index (χ0v) is 9.68. The number of methoxy groups -OCH3 is 1. The summed E-state index contributed by atoms with van der Waals surface area (Å²) >= 11 is 7.10. The first kappa shape index (κ1) is 10.4. The van der Waals surface area contributed by atoms with Gasteiger partial charge in [0.15, 0.2) is 0 Å². The molecule has 1 aromatic carbocycles. The molecule has 2 rings (SSSR count). The average molecular weight is 241 g/mol. The van der Waals surface area contributed by atoms with E-state index in [-0.39, 0.29) is 0 Å². The van der Waals surface area contributed by atoms with Gasteiger partial charge in [0.05, 0.1) is 7.11 Å². The van der Waals surface area contributed by atoms with Gasteiger partial charge in [-0.2, -0.15) is 0 Å². The molecule has 0 spiro atoms. The molecule has 0 radical (unpaired) electrons. The van der Waals surface area contributed by atoms with Crippen LogP contribution in [0.4, 0.5) is 0 Å². The maximum Gasteiger partial charge on any atom is 0.207 e. The van der Waals surface area contributed by atoms with Crippen molar-refractivity contribution in [2.24, 2.45) is 0 Å². The highest BCUT2D eigenvalue weighted by atomic mass is 35.5. The van der Waals surface area contributed by atoms with Crippen molar-refractivity contribution in [3.8, 4) is 5.75 Å². The second-order valence-electron chi connectivity index (χ2n) is 2.94. The maximum absolute atomic E-state index is 5.71. The van der Waals surface area contributed by atoms with Crippen molar-refractivity contribution in [2.75, 3.05) is 7.11 Å². The third kappa shape index (κ3) is 2.46. The monoisotopic (exact) mass is 240 g/mol. The zero-order valence-electron chi connectivity index (χ0n) is 8.11. The predicted octanol–water partition coefficient (Wildman–Crippen LogP) is 2.79. The summed E-state index contributed by atoms with van der Waals surface area (Å²) < 4.78 is 5.72. The van der Waals surface area contributed by atoms with Crippen molar-refractivity contribution in [3.05, 3.63) is 39.3 Å². The van der Waals surface area contributed by atoms with Crippen LogP contribution < -0.4 is 4.74 Å². The van der Waals surface area contributed by atoms with Crippen LogP contribution in [0.2, 0.25) is 4.47 Å². The van der Waals surface area contributed by atoms with Crippen LogP contribution in [-0.2, 0) is 6.42 Å². The lowest BCUT2D eigenvalue weighted by Crippen LogP contribution is -1.92. The normalized spacial score (nSPS) is 10.3. The first-order chi connectivity index (χ1) is 7.29. The van der Waals surface area contributed by atoms with Crippen molar-refractivity contribution in [1.82, 2.24) is 10.2 Å². The summed E-state index contributed by atoms with van der Waals surface area (Å²) in [6.07, 6.45) is 0.703. The average Bonchev–Trinajstić information content (AvgIpc) is 2.65. The molecule has 0 bridgehead atoms. The second-order valence-corrected chi connectivity index (χ2v) is 4.58. The first-order valence-electron chi connectivity index (χ1n) is 4.39. The van der Waals surface area contributed by atoms with E-state index in [1.165, 1.54) is 11.3 Å². The van der Waals surface area contributed by atoms with E-state index in [9.17, 15) is 0 Å². The third-order valence-electron chi connectivity index (χ3n) is 1.98. The Balaban J connectivity index is 2.23. The molecular weight excluding hydrogens is 232 g/mol. The Hall–Kier alpha value is -1.13. The van der Waals surface area contributed by atoms with E-state index in [2.05, 4.69) is 10.2 Å². The van der Waals surface area contributed by atoms with E-state index >= 15 is 0 Å². The molecule has 1 heterocycles. The molecule has 0 saturated heterocycles. The highest BCUT2D eigenvalue weighted by molar-refractivity contribution is 7.15.